The molecule has 6 nitrogen and oxygen atoms in total. The van der Waals surface area contributed by atoms with E-state index in [0.717, 1.165) is 44.7 Å². The molecule has 0 spiro atoms. The van der Waals surface area contributed by atoms with Crippen molar-refractivity contribution in [2.45, 2.75) is 36.5 Å². The summed E-state index contributed by atoms with van der Waals surface area (Å²) in [5.41, 5.74) is 1.41. The third-order valence-corrected chi connectivity index (χ3v) is 7.31. The highest BCUT2D eigenvalue weighted by molar-refractivity contribution is 7.91. The third-order valence-electron chi connectivity index (χ3n) is 5.49. The molecule has 0 radical (unpaired) electrons. The van der Waals surface area contributed by atoms with E-state index < -0.39 is 9.84 Å². The van der Waals surface area contributed by atoms with Crippen LogP contribution < -0.4 is 9.80 Å². The third kappa shape index (κ3) is 4.84. The average molecular weight is 430 g/mol. The van der Waals surface area contributed by atoms with Gasteiger partial charge in [0.15, 0.2) is 0 Å². The summed E-state index contributed by atoms with van der Waals surface area (Å²) < 4.78 is 26.8. The lowest BCUT2D eigenvalue weighted by Gasteiger charge is -2.28. The van der Waals surface area contributed by atoms with Crippen molar-refractivity contribution in [3.63, 3.8) is 0 Å². The minimum absolute atomic E-state index is 0.158. The Morgan fingerprint density at radius 1 is 1.03 bits per heavy atom. The van der Waals surface area contributed by atoms with E-state index in [1.54, 1.807) is 41.3 Å². The summed E-state index contributed by atoms with van der Waals surface area (Å²) in [6.45, 7) is 7.71. The first-order valence-electron chi connectivity index (χ1n) is 10.5. The summed E-state index contributed by atoms with van der Waals surface area (Å²) in [4.78, 5) is 19.0. The Kier molecular flexibility index (Phi) is 7.15. The number of carbonyl (C=O) groups is 1. The standard InChI is InChI=1S/C23H31N3O3S/c1-4-13-26(19(2)27)22-18-20(25-15-8-14-24(3)16-17-25)11-12-23(22)30(28,29)21-9-6-5-7-10-21/h5-7,9-12,18H,4,8,13-17H2,1-3H3. The number of carbonyl (C=O) groups excluding carboxylic acids is 1. The molecule has 0 aliphatic carbocycles. The molecule has 162 valence electrons. The molecule has 0 atom stereocenters. The van der Waals surface area contributed by atoms with Gasteiger partial charge in [-0.05, 0) is 56.8 Å². The Labute approximate surface area is 180 Å². The molecule has 1 saturated heterocycles. The molecule has 0 bridgehead atoms. The highest BCUT2D eigenvalue weighted by Gasteiger charge is 2.27. The van der Waals surface area contributed by atoms with E-state index in [2.05, 4.69) is 16.8 Å². The van der Waals surface area contributed by atoms with Crippen LogP contribution in [0.3, 0.4) is 0 Å². The second-order valence-corrected chi connectivity index (χ2v) is 9.70. The topological polar surface area (TPSA) is 60.9 Å². The number of sulfone groups is 1. The highest BCUT2D eigenvalue weighted by atomic mass is 32.2. The molecule has 1 aliphatic rings. The fourth-order valence-corrected chi connectivity index (χ4v) is 5.30. The number of hydrogen-bond donors (Lipinski definition) is 0. The van der Waals surface area contributed by atoms with Crippen molar-refractivity contribution in [2.24, 2.45) is 0 Å². The van der Waals surface area contributed by atoms with Crippen LogP contribution in [0.1, 0.15) is 26.7 Å². The van der Waals surface area contributed by atoms with Gasteiger partial charge in [0.2, 0.25) is 15.7 Å². The van der Waals surface area contributed by atoms with Gasteiger partial charge in [-0.25, -0.2) is 8.42 Å². The van der Waals surface area contributed by atoms with Crippen LogP contribution in [0.5, 0.6) is 0 Å². The van der Waals surface area contributed by atoms with E-state index in [1.165, 1.54) is 6.92 Å². The summed E-state index contributed by atoms with van der Waals surface area (Å²) in [5.74, 6) is -0.158. The molecule has 7 heteroatoms. The first kappa shape index (κ1) is 22.3. The average Bonchev–Trinajstić information content (AvgIpc) is 2.96. The summed E-state index contributed by atoms with van der Waals surface area (Å²) in [6.07, 6.45) is 1.78. The number of anilines is 2. The maximum Gasteiger partial charge on any atom is 0.223 e. The van der Waals surface area contributed by atoms with Crippen molar-refractivity contribution in [1.82, 2.24) is 4.90 Å². The maximum atomic E-state index is 13.4. The lowest BCUT2D eigenvalue weighted by atomic mass is 10.2. The van der Waals surface area contributed by atoms with Crippen LogP contribution in [0, 0.1) is 0 Å². The highest BCUT2D eigenvalue weighted by Crippen LogP contribution is 2.34. The Bertz CT molecular complexity index is 976. The summed E-state index contributed by atoms with van der Waals surface area (Å²) >= 11 is 0. The quantitative estimate of drug-likeness (QED) is 0.704. The molecule has 2 aromatic rings. The van der Waals surface area contributed by atoms with Crippen molar-refractivity contribution >= 4 is 27.1 Å². The number of rotatable bonds is 6. The van der Waals surface area contributed by atoms with Crippen LogP contribution in [0.25, 0.3) is 0 Å². The maximum absolute atomic E-state index is 13.4. The minimum Gasteiger partial charge on any atom is -0.370 e. The number of hydrogen-bond acceptors (Lipinski definition) is 5. The molecule has 2 aromatic carbocycles. The molecule has 0 N–H and O–H groups in total. The van der Waals surface area contributed by atoms with E-state index in [9.17, 15) is 13.2 Å². The molecule has 0 aromatic heterocycles. The summed E-state index contributed by atoms with van der Waals surface area (Å²) in [7, 11) is -1.64. The van der Waals surface area contributed by atoms with Crippen molar-refractivity contribution in [2.75, 3.05) is 49.6 Å². The van der Waals surface area contributed by atoms with Gasteiger partial charge >= 0.3 is 0 Å². The molecular weight excluding hydrogens is 398 g/mol. The van der Waals surface area contributed by atoms with Crippen molar-refractivity contribution in [3.8, 4) is 0 Å². The molecule has 1 fully saturated rings. The minimum atomic E-state index is -3.75. The van der Waals surface area contributed by atoms with Crippen LogP contribution >= 0.6 is 0 Å². The molecule has 1 aliphatic heterocycles. The van der Waals surface area contributed by atoms with Gasteiger partial charge in [0.25, 0.3) is 0 Å². The van der Waals surface area contributed by atoms with E-state index in [1.807, 2.05) is 19.1 Å². The number of likely N-dealkylation sites (N-methyl/N-ethyl adjacent to an activating group) is 1. The monoisotopic (exact) mass is 429 g/mol. The van der Waals surface area contributed by atoms with Crippen LogP contribution in [-0.2, 0) is 14.6 Å². The number of amides is 1. The summed E-state index contributed by atoms with van der Waals surface area (Å²) in [5, 5.41) is 0. The molecule has 3 rings (SSSR count). The van der Waals surface area contributed by atoms with Gasteiger partial charge in [0, 0.05) is 38.8 Å². The van der Waals surface area contributed by atoms with Gasteiger partial charge in [-0.1, -0.05) is 25.1 Å². The number of benzene rings is 2. The fourth-order valence-electron chi connectivity index (χ4n) is 3.84. The smallest absolute Gasteiger partial charge is 0.223 e. The van der Waals surface area contributed by atoms with Crippen LogP contribution in [0.15, 0.2) is 58.3 Å². The van der Waals surface area contributed by atoms with Gasteiger partial charge in [-0.15, -0.1) is 0 Å². The first-order valence-corrected chi connectivity index (χ1v) is 12.0. The predicted octanol–water partition coefficient (Wildman–Crippen LogP) is 3.42. The van der Waals surface area contributed by atoms with Crippen molar-refractivity contribution < 1.29 is 13.2 Å². The Balaban J connectivity index is 2.11. The van der Waals surface area contributed by atoms with Crippen LogP contribution in [0.4, 0.5) is 11.4 Å². The first-order chi connectivity index (χ1) is 14.3. The Morgan fingerprint density at radius 2 is 1.77 bits per heavy atom. The van der Waals surface area contributed by atoms with Gasteiger partial charge in [-0.2, -0.15) is 0 Å². The van der Waals surface area contributed by atoms with E-state index in [-0.39, 0.29) is 15.7 Å². The lowest BCUT2D eigenvalue weighted by Crippen LogP contribution is -2.32. The van der Waals surface area contributed by atoms with Crippen molar-refractivity contribution in [1.29, 1.82) is 0 Å². The van der Waals surface area contributed by atoms with E-state index in [0.29, 0.717) is 12.2 Å². The molecule has 0 unspecified atom stereocenters. The lowest BCUT2D eigenvalue weighted by molar-refractivity contribution is -0.116. The van der Waals surface area contributed by atoms with Crippen molar-refractivity contribution in [3.05, 3.63) is 48.5 Å². The zero-order valence-electron chi connectivity index (χ0n) is 18.0. The molecular formula is C23H31N3O3S. The van der Waals surface area contributed by atoms with Crippen LogP contribution in [0.2, 0.25) is 0 Å². The Morgan fingerprint density at radius 3 is 2.43 bits per heavy atom. The fraction of sp³-hybridized carbons (Fsp3) is 0.435. The molecule has 30 heavy (non-hydrogen) atoms. The molecule has 1 heterocycles. The largest absolute Gasteiger partial charge is 0.370 e. The van der Waals surface area contributed by atoms with Crippen LogP contribution in [-0.4, -0.2) is 59.0 Å². The zero-order valence-corrected chi connectivity index (χ0v) is 18.9. The van der Waals surface area contributed by atoms with Gasteiger partial charge in [-0.3, -0.25) is 4.79 Å². The van der Waals surface area contributed by atoms with Gasteiger partial charge in [0.1, 0.15) is 0 Å². The Hall–Kier alpha value is -2.38. The molecule has 1 amide bonds. The van der Waals surface area contributed by atoms with E-state index >= 15 is 0 Å². The van der Waals surface area contributed by atoms with Gasteiger partial charge in [0.05, 0.1) is 15.5 Å². The second kappa shape index (κ2) is 9.62. The summed E-state index contributed by atoms with van der Waals surface area (Å²) in [6, 6.07) is 13.8. The second-order valence-electron chi connectivity index (χ2n) is 7.78. The normalized spacial score (nSPS) is 15.6. The van der Waals surface area contributed by atoms with E-state index in [4.69, 9.17) is 0 Å². The van der Waals surface area contributed by atoms with Gasteiger partial charge < -0.3 is 14.7 Å². The SMILES string of the molecule is CCCN(C(C)=O)c1cc(N2CCCN(C)CC2)ccc1S(=O)(=O)c1ccccc1. The predicted molar refractivity (Wildman–Crippen MR) is 121 cm³/mol. The zero-order chi connectivity index (χ0) is 21.7. The number of nitrogens with zero attached hydrogens (tertiary/aromatic N) is 3. The molecule has 0 saturated carbocycles.